The molecule has 0 saturated heterocycles. The van der Waals surface area contributed by atoms with Crippen molar-refractivity contribution in [2.45, 2.75) is 19.4 Å². The molecule has 0 fully saturated rings. The van der Waals surface area contributed by atoms with E-state index in [2.05, 4.69) is 19.6 Å². The van der Waals surface area contributed by atoms with Crippen LogP contribution in [0, 0.1) is 11.6 Å². The first-order valence-electron chi connectivity index (χ1n) is 8.16. The first kappa shape index (κ1) is 15.5. The third-order valence-electron chi connectivity index (χ3n) is 4.67. The summed E-state index contributed by atoms with van der Waals surface area (Å²) in [6.45, 7) is 0.795. The maximum Gasteiger partial charge on any atom is 0.155 e. The highest BCUT2D eigenvalue weighted by Gasteiger charge is 2.26. The lowest BCUT2D eigenvalue weighted by molar-refractivity contribution is 0.586. The summed E-state index contributed by atoms with van der Waals surface area (Å²) < 4.78 is 32.0. The molecule has 0 unspecified atom stereocenters. The number of nitrogens with zero attached hydrogens (tertiary/aromatic N) is 5. The van der Waals surface area contributed by atoms with Gasteiger partial charge in [-0.3, -0.25) is 0 Å². The molecular weight excluding hydrogens is 360 g/mol. The molecule has 1 aliphatic heterocycles. The Hall–Kier alpha value is -2.80. The van der Waals surface area contributed by atoms with E-state index < -0.39 is 16.7 Å². The number of aromatic nitrogens is 5. The molecule has 3 aromatic heterocycles. The first-order valence-corrected chi connectivity index (χ1v) is 8.54. The molecule has 0 bridgehead atoms. The van der Waals surface area contributed by atoms with Crippen LogP contribution < -0.4 is 0 Å². The van der Waals surface area contributed by atoms with Crippen LogP contribution in [0.1, 0.15) is 12.2 Å². The molecule has 0 amide bonds. The van der Waals surface area contributed by atoms with E-state index in [0.29, 0.717) is 11.3 Å². The van der Waals surface area contributed by atoms with Gasteiger partial charge in [-0.05, 0) is 30.7 Å². The summed E-state index contributed by atoms with van der Waals surface area (Å²) in [4.78, 5) is 8.77. The van der Waals surface area contributed by atoms with Crippen molar-refractivity contribution in [2.24, 2.45) is 0 Å². The van der Waals surface area contributed by atoms with Crippen LogP contribution in [0.2, 0.25) is 5.02 Å². The molecule has 0 N–H and O–H groups in total. The van der Waals surface area contributed by atoms with Gasteiger partial charge in [0.1, 0.15) is 23.0 Å². The van der Waals surface area contributed by atoms with Crippen LogP contribution in [0.5, 0.6) is 0 Å². The van der Waals surface area contributed by atoms with E-state index in [9.17, 15) is 8.78 Å². The number of fused-ring (bicyclic) bond motifs is 2. The van der Waals surface area contributed by atoms with E-state index in [-0.39, 0.29) is 5.56 Å². The zero-order valence-electron chi connectivity index (χ0n) is 13.5. The Morgan fingerprint density at radius 2 is 2.00 bits per heavy atom. The van der Waals surface area contributed by atoms with Gasteiger partial charge in [-0.1, -0.05) is 11.6 Å². The minimum atomic E-state index is -0.800. The molecule has 8 heteroatoms. The van der Waals surface area contributed by atoms with Crippen LogP contribution >= 0.6 is 11.6 Å². The number of aryl methyl sites for hydroxylation is 1. The van der Waals surface area contributed by atoms with Crippen molar-refractivity contribution in [1.29, 1.82) is 0 Å². The van der Waals surface area contributed by atoms with E-state index in [4.69, 9.17) is 11.6 Å². The smallest absolute Gasteiger partial charge is 0.155 e. The van der Waals surface area contributed by atoms with Gasteiger partial charge >= 0.3 is 0 Å². The summed E-state index contributed by atoms with van der Waals surface area (Å²) in [5.41, 5.74) is 2.97. The number of hydrogen-bond donors (Lipinski definition) is 0. The van der Waals surface area contributed by atoms with Crippen LogP contribution in [-0.4, -0.2) is 24.1 Å². The highest BCUT2D eigenvalue weighted by Crippen LogP contribution is 2.38. The molecular formula is C18H12ClF2N5. The predicted molar refractivity (Wildman–Crippen MR) is 92.9 cm³/mol. The first-order chi connectivity index (χ1) is 12.6. The van der Waals surface area contributed by atoms with Crippen molar-refractivity contribution in [3.05, 3.63) is 59.3 Å². The molecule has 26 heavy (non-hydrogen) atoms. The third kappa shape index (κ3) is 2.17. The molecule has 0 saturated carbocycles. The Morgan fingerprint density at radius 3 is 2.88 bits per heavy atom. The fourth-order valence-corrected chi connectivity index (χ4v) is 3.64. The normalized spacial score (nSPS) is 13.5. The van der Waals surface area contributed by atoms with Crippen LogP contribution in [0.3, 0.4) is 0 Å². The third-order valence-corrected chi connectivity index (χ3v) is 5.01. The lowest BCUT2D eigenvalue weighted by Crippen LogP contribution is -1.99. The molecule has 0 spiro atoms. The molecule has 130 valence electrons. The van der Waals surface area contributed by atoms with Crippen LogP contribution in [0.4, 0.5) is 8.78 Å². The van der Waals surface area contributed by atoms with Crippen molar-refractivity contribution in [3.8, 4) is 22.5 Å². The van der Waals surface area contributed by atoms with Gasteiger partial charge in [0.15, 0.2) is 11.5 Å². The highest BCUT2D eigenvalue weighted by atomic mass is 35.5. The summed E-state index contributed by atoms with van der Waals surface area (Å²) >= 11 is 5.78. The van der Waals surface area contributed by atoms with Crippen molar-refractivity contribution < 1.29 is 8.78 Å². The summed E-state index contributed by atoms with van der Waals surface area (Å²) in [5, 5.41) is 3.64. The molecule has 1 aliphatic rings. The Balaban J connectivity index is 1.79. The lowest BCUT2D eigenvalue weighted by atomic mass is 10.1. The minimum absolute atomic E-state index is 0.187. The van der Waals surface area contributed by atoms with Gasteiger partial charge in [0.2, 0.25) is 0 Å². The number of rotatable bonds is 2. The van der Waals surface area contributed by atoms with Gasteiger partial charge < -0.3 is 4.57 Å². The zero-order valence-corrected chi connectivity index (χ0v) is 14.2. The maximum atomic E-state index is 14.7. The van der Waals surface area contributed by atoms with Crippen molar-refractivity contribution in [2.75, 3.05) is 0 Å². The lowest BCUT2D eigenvalue weighted by Gasteiger charge is -2.10. The van der Waals surface area contributed by atoms with Gasteiger partial charge in [-0.25, -0.2) is 23.3 Å². The van der Waals surface area contributed by atoms with Gasteiger partial charge in [-0.15, -0.1) is 0 Å². The van der Waals surface area contributed by atoms with Gasteiger partial charge in [0.05, 0.1) is 11.4 Å². The quantitative estimate of drug-likeness (QED) is 0.498. The number of halogens is 3. The van der Waals surface area contributed by atoms with Crippen molar-refractivity contribution in [1.82, 2.24) is 24.1 Å². The summed E-state index contributed by atoms with van der Waals surface area (Å²) in [6.07, 6.45) is 5.10. The Bertz CT molecular complexity index is 1160. The van der Waals surface area contributed by atoms with Crippen LogP contribution in [0.25, 0.3) is 28.2 Å². The second-order valence-corrected chi connectivity index (χ2v) is 6.56. The van der Waals surface area contributed by atoms with E-state index in [0.717, 1.165) is 42.5 Å². The molecule has 5 rings (SSSR count). The van der Waals surface area contributed by atoms with Crippen LogP contribution in [-0.2, 0) is 13.0 Å². The SMILES string of the molecule is Fc1ccc(-c2nc3n(c2-c2ccc4ncnn4c2)CCC3)c(F)c1Cl. The van der Waals surface area contributed by atoms with Crippen molar-refractivity contribution in [3.63, 3.8) is 0 Å². The average Bonchev–Trinajstić information content (AvgIpc) is 3.34. The number of imidazole rings is 1. The van der Waals surface area contributed by atoms with Crippen LogP contribution in [0.15, 0.2) is 36.8 Å². The number of benzene rings is 1. The molecule has 0 atom stereocenters. The molecule has 5 nitrogen and oxygen atoms in total. The Morgan fingerprint density at radius 1 is 1.12 bits per heavy atom. The minimum Gasteiger partial charge on any atom is -0.327 e. The fraction of sp³-hybridized carbons (Fsp3) is 0.167. The topological polar surface area (TPSA) is 48.0 Å². The van der Waals surface area contributed by atoms with Gasteiger partial charge in [0.25, 0.3) is 0 Å². The van der Waals surface area contributed by atoms with Crippen molar-refractivity contribution >= 4 is 17.2 Å². The number of hydrogen-bond acceptors (Lipinski definition) is 3. The summed E-state index contributed by atoms with van der Waals surface area (Å²) in [7, 11) is 0. The monoisotopic (exact) mass is 371 g/mol. The second-order valence-electron chi connectivity index (χ2n) is 6.18. The highest BCUT2D eigenvalue weighted by molar-refractivity contribution is 6.31. The van der Waals surface area contributed by atoms with E-state index >= 15 is 0 Å². The molecule has 1 aromatic carbocycles. The standard InChI is InChI=1S/C18H12ClF2N5/c19-15-12(20)5-4-11(16(15)21)17-18(25-7-1-2-14(25)24-17)10-3-6-13-22-9-23-26(13)8-10/h3-6,8-9H,1-2,7H2. The Labute approximate surface area is 151 Å². The predicted octanol–water partition coefficient (Wildman–Crippen LogP) is 4.14. The van der Waals surface area contributed by atoms with Gasteiger partial charge in [0, 0.05) is 30.3 Å². The molecule has 4 aromatic rings. The zero-order chi connectivity index (χ0) is 17.8. The molecule has 0 aliphatic carbocycles. The Kier molecular flexibility index (Phi) is 3.33. The molecule has 0 radical (unpaired) electrons. The van der Waals surface area contributed by atoms with E-state index in [1.165, 1.54) is 12.4 Å². The van der Waals surface area contributed by atoms with E-state index in [1.807, 2.05) is 18.3 Å². The average molecular weight is 372 g/mol. The second kappa shape index (κ2) is 5.60. The maximum absolute atomic E-state index is 14.7. The summed E-state index contributed by atoms with van der Waals surface area (Å²) in [5.74, 6) is -0.703. The van der Waals surface area contributed by atoms with E-state index in [1.54, 1.807) is 4.52 Å². The van der Waals surface area contributed by atoms with Gasteiger partial charge in [-0.2, -0.15) is 5.10 Å². The summed E-state index contributed by atoms with van der Waals surface area (Å²) in [6, 6.07) is 6.29. The molecule has 4 heterocycles. The number of pyridine rings is 1. The largest absolute Gasteiger partial charge is 0.327 e. The fourth-order valence-electron chi connectivity index (χ4n) is 3.47.